The molecule has 0 spiro atoms. The monoisotopic (exact) mass is 217 g/mol. The fourth-order valence-corrected chi connectivity index (χ4v) is 5.31. The predicted octanol–water partition coefficient (Wildman–Crippen LogP) is 1.04. The SMILES string of the molecule is BC(B)(C)C12CCCN1CC1CCCCC12. The van der Waals surface area contributed by atoms with Gasteiger partial charge in [0.1, 0.15) is 15.7 Å². The summed E-state index contributed by atoms with van der Waals surface area (Å²) in [5, 5.41) is 0.472. The Labute approximate surface area is 102 Å². The zero-order chi connectivity index (χ0) is 11.4. The Morgan fingerprint density at radius 2 is 1.94 bits per heavy atom. The molecule has 3 aliphatic rings. The molecule has 0 N–H and O–H groups in total. The first-order valence-corrected chi connectivity index (χ1v) is 7.31. The summed E-state index contributed by atoms with van der Waals surface area (Å²) in [6, 6.07) is 0. The van der Waals surface area contributed by atoms with Crippen LogP contribution in [0.15, 0.2) is 0 Å². The van der Waals surface area contributed by atoms with Gasteiger partial charge in [0, 0.05) is 12.1 Å². The van der Waals surface area contributed by atoms with Crippen LogP contribution in [0.3, 0.4) is 0 Å². The summed E-state index contributed by atoms with van der Waals surface area (Å²) in [5.41, 5.74) is 0.568. The van der Waals surface area contributed by atoms with Crippen molar-refractivity contribution in [2.75, 3.05) is 13.1 Å². The molecule has 1 saturated carbocycles. The quantitative estimate of drug-likeness (QED) is 0.593. The molecule has 1 aliphatic carbocycles. The van der Waals surface area contributed by atoms with Crippen LogP contribution < -0.4 is 0 Å². The van der Waals surface area contributed by atoms with Crippen LogP contribution in [-0.2, 0) is 0 Å². The fourth-order valence-electron chi connectivity index (χ4n) is 5.31. The van der Waals surface area contributed by atoms with Crippen LogP contribution in [-0.4, -0.2) is 39.2 Å². The second kappa shape index (κ2) is 3.54. The molecular formula is C13H25B2N. The van der Waals surface area contributed by atoms with Gasteiger partial charge in [0.25, 0.3) is 0 Å². The van der Waals surface area contributed by atoms with Gasteiger partial charge < -0.3 is 0 Å². The summed E-state index contributed by atoms with van der Waals surface area (Å²) in [7, 11) is 4.98. The van der Waals surface area contributed by atoms with E-state index in [1.807, 2.05) is 0 Å². The first kappa shape index (κ1) is 11.2. The van der Waals surface area contributed by atoms with Crippen molar-refractivity contribution in [3.8, 4) is 0 Å². The second-order valence-corrected chi connectivity index (χ2v) is 7.37. The Hall–Kier alpha value is 0.0899. The lowest BCUT2D eigenvalue weighted by Gasteiger charge is -2.50. The van der Waals surface area contributed by atoms with Crippen LogP contribution >= 0.6 is 0 Å². The van der Waals surface area contributed by atoms with Gasteiger partial charge in [-0.2, -0.15) is 0 Å². The number of nitrogens with zero attached hydrogens (tertiary/aromatic N) is 1. The fraction of sp³-hybridized carbons (Fsp3) is 1.00. The number of rotatable bonds is 1. The highest BCUT2D eigenvalue weighted by atomic mass is 15.3. The third kappa shape index (κ3) is 1.30. The maximum Gasteiger partial charge on any atom is 0.101 e. The molecule has 3 fully saturated rings. The summed E-state index contributed by atoms with van der Waals surface area (Å²) < 4.78 is 0. The Bertz CT molecular complexity index is 286. The predicted molar refractivity (Wildman–Crippen MR) is 74.4 cm³/mol. The summed E-state index contributed by atoms with van der Waals surface area (Å²) in [6.45, 7) is 5.29. The van der Waals surface area contributed by atoms with E-state index in [2.05, 4.69) is 27.5 Å². The topological polar surface area (TPSA) is 3.24 Å². The molecule has 16 heavy (non-hydrogen) atoms. The van der Waals surface area contributed by atoms with Crippen LogP contribution in [0.25, 0.3) is 0 Å². The minimum absolute atomic E-state index is 0.472. The molecule has 3 unspecified atom stereocenters. The Morgan fingerprint density at radius 3 is 2.69 bits per heavy atom. The molecule has 1 nitrogen and oxygen atoms in total. The lowest BCUT2D eigenvalue weighted by molar-refractivity contribution is 0.109. The third-order valence-electron chi connectivity index (χ3n) is 5.83. The van der Waals surface area contributed by atoms with E-state index in [0.29, 0.717) is 10.8 Å². The molecule has 0 amide bonds. The molecule has 0 radical (unpaired) electrons. The average molecular weight is 217 g/mol. The largest absolute Gasteiger partial charge is 0.298 e. The molecule has 2 saturated heterocycles. The molecule has 2 aliphatic heterocycles. The van der Waals surface area contributed by atoms with E-state index in [1.54, 1.807) is 0 Å². The maximum atomic E-state index is 2.88. The van der Waals surface area contributed by atoms with Crippen LogP contribution in [0.2, 0.25) is 5.21 Å². The van der Waals surface area contributed by atoms with Gasteiger partial charge in [-0.25, -0.2) is 0 Å². The van der Waals surface area contributed by atoms with E-state index in [4.69, 9.17) is 0 Å². The first-order valence-electron chi connectivity index (χ1n) is 7.31. The van der Waals surface area contributed by atoms with Crippen LogP contribution in [0.5, 0.6) is 0 Å². The van der Waals surface area contributed by atoms with Crippen molar-refractivity contribution >= 4 is 15.7 Å². The van der Waals surface area contributed by atoms with Gasteiger partial charge in [0.2, 0.25) is 0 Å². The van der Waals surface area contributed by atoms with E-state index in [1.165, 1.54) is 51.6 Å². The van der Waals surface area contributed by atoms with E-state index < -0.39 is 0 Å². The van der Waals surface area contributed by atoms with Crippen molar-refractivity contribution in [3.05, 3.63) is 0 Å². The zero-order valence-electron chi connectivity index (χ0n) is 11.3. The van der Waals surface area contributed by atoms with Gasteiger partial charge in [0.05, 0.1) is 0 Å². The summed E-state index contributed by atoms with van der Waals surface area (Å²) >= 11 is 0. The molecule has 3 rings (SSSR count). The molecule has 3 atom stereocenters. The zero-order valence-corrected chi connectivity index (χ0v) is 11.3. The van der Waals surface area contributed by atoms with Gasteiger partial charge in [-0.15, -0.1) is 0 Å². The summed E-state index contributed by atoms with van der Waals surface area (Å²) in [6.07, 6.45) is 8.93. The first-order chi connectivity index (χ1) is 7.56. The van der Waals surface area contributed by atoms with E-state index >= 15 is 0 Å². The third-order valence-corrected chi connectivity index (χ3v) is 5.83. The van der Waals surface area contributed by atoms with Crippen molar-refractivity contribution in [1.29, 1.82) is 0 Å². The van der Waals surface area contributed by atoms with Crippen LogP contribution in [0, 0.1) is 11.8 Å². The Morgan fingerprint density at radius 1 is 1.19 bits per heavy atom. The number of hydrogen-bond acceptors (Lipinski definition) is 1. The van der Waals surface area contributed by atoms with Crippen LogP contribution in [0.1, 0.15) is 45.4 Å². The number of fused-ring (bicyclic) bond motifs is 3. The van der Waals surface area contributed by atoms with Crippen molar-refractivity contribution in [1.82, 2.24) is 4.90 Å². The highest BCUT2D eigenvalue weighted by Crippen LogP contribution is 2.59. The molecule has 88 valence electrons. The van der Waals surface area contributed by atoms with E-state index in [9.17, 15) is 0 Å². The van der Waals surface area contributed by atoms with Gasteiger partial charge >= 0.3 is 0 Å². The van der Waals surface area contributed by atoms with Gasteiger partial charge in [-0.3, -0.25) is 4.90 Å². The molecule has 0 bridgehead atoms. The highest BCUT2D eigenvalue weighted by Gasteiger charge is 2.60. The second-order valence-electron chi connectivity index (χ2n) is 7.37. The Balaban J connectivity index is 1.98. The maximum absolute atomic E-state index is 2.88. The molecule has 3 heteroatoms. The Kier molecular flexibility index (Phi) is 2.48. The van der Waals surface area contributed by atoms with E-state index in [-0.39, 0.29) is 0 Å². The van der Waals surface area contributed by atoms with Crippen molar-refractivity contribution in [3.63, 3.8) is 0 Å². The molecule has 2 heterocycles. The van der Waals surface area contributed by atoms with Crippen molar-refractivity contribution in [2.45, 2.75) is 56.2 Å². The molecule has 0 aromatic heterocycles. The smallest absolute Gasteiger partial charge is 0.101 e. The van der Waals surface area contributed by atoms with Gasteiger partial charge in [-0.05, 0) is 44.1 Å². The minimum atomic E-state index is 0.472. The number of hydrogen-bond donors (Lipinski definition) is 0. The van der Waals surface area contributed by atoms with Gasteiger partial charge in [-0.1, -0.05) is 25.0 Å². The molecular weight excluding hydrogens is 192 g/mol. The normalized spacial score (nSPS) is 44.3. The lowest BCUT2D eigenvalue weighted by atomic mass is 9.42. The molecule has 0 aromatic carbocycles. The van der Waals surface area contributed by atoms with Gasteiger partial charge in [0.15, 0.2) is 0 Å². The average Bonchev–Trinajstić information content (AvgIpc) is 2.72. The molecule has 0 aromatic rings. The lowest BCUT2D eigenvalue weighted by Crippen LogP contribution is -2.53. The van der Waals surface area contributed by atoms with E-state index in [0.717, 1.165) is 11.8 Å². The highest BCUT2D eigenvalue weighted by molar-refractivity contribution is 6.40. The van der Waals surface area contributed by atoms with Crippen molar-refractivity contribution in [2.24, 2.45) is 11.8 Å². The minimum Gasteiger partial charge on any atom is -0.298 e. The van der Waals surface area contributed by atoms with Crippen LogP contribution in [0.4, 0.5) is 0 Å². The standard InChI is InChI=1S/C13H25B2N/c1-12(14,15)13-7-4-8-16(13)9-10-5-2-3-6-11(10)13/h10-11H,2-9,14-15H2,1H3. The van der Waals surface area contributed by atoms with Crippen molar-refractivity contribution < 1.29 is 0 Å². The summed E-state index contributed by atoms with van der Waals surface area (Å²) in [5.74, 6) is 2.05. The summed E-state index contributed by atoms with van der Waals surface area (Å²) in [4.78, 5) is 2.88.